The molecule has 1 aromatic carbocycles. The van der Waals surface area contributed by atoms with Crippen LogP contribution in [0.5, 0.6) is 5.75 Å². The third kappa shape index (κ3) is 4.50. The lowest BCUT2D eigenvalue weighted by Crippen LogP contribution is -2.16. The second kappa shape index (κ2) is 8.68. The highest BCUT2D eigenvalue weighted by Crippen LogP contribution is 2.35. The molecular weight excluding hydrogens is 450 g/mol. The summed E-state index contributed by atoms with van der Waals surface area (Å²) in [5.74, 6) is 1.52. The molecule has 0 radical (unpaired) electrons. The lowest BCUT2D eigenvalue weighted by Gasteiger charge is -2.09. The summed E-state index contributed by atoms with van der Waals surface area (Å²) in [6.07, 6.45) is 2.38. The zero-order chi connectivity index (χ0) is 18.6. The van der Waals surface area contributed by atoms with Gasteiger partial charge in [0.05, 0.1) is 31.0 Å². The zero-order valence-electron chi connectivity index (χ0n) is 14.7. The van der Waals surface area contributed by atoms with Crippen LogP contribution in [0.1, 0.15) is 18.5 Å². The van der Waals surface area contributed by atoms with Crippen molar-refractivity contribution in [3.05, 3.63) is 33.7 Å². The molecule has 0 spiro atoms. The quantitative estimate of drug-likeness (QED) is 0.485. The minimum Gasteiger partial charge on any atom is -0.496 e. The van der Waals surface area contributed by atoms with Crippen LogP contribution in [0.2, 0.25) is 0 Å². The molecule has 1 aliphatic heterocycles. The lowest BCUT2D eigenvalue weighted by molar-refractivity contribution is 0.0912. The molecule has 2 aromatic heterocycles. The van der Waals surface area contributed by atoms with Crippen LogP contribution in [0.15, 0.2) is 33.2 Å². The molecule has 0 amide bonds. The number of hydrogen-bond donors (Lipinski definition) is 0. The number of tetrazole rings is 1. The number of ether oxygens (including phenoxy) is 2. The molecule has 4 rings (SSSR count). The first-order valence-electron chi connectivity index (χ1n) is 8.52. The molecule has 0 unspecified atom stereocenters. The van der Waals surface area contributed by atoms with Crippen molar-refractivity contribution in [3.8, 4) is 16.3 Å². The predicted octanol–water partition coefficient (Wildman–Crippen LogP) is 4.04. The third-order valence-corrected chi connectivity index (χ3v) is 6.60. The van der Waals surface area contributed by atoms with Gasteiger partial charge in [0.15, 0.2) is 0 Å². The highest BCUT2D eigenvalue weighted by molar-refractivity contribution is 9.10. The highest BCUT2D eigenvalue weighted by Gasteiger charge is 2.19. The summed E-state index contributed by atoms with van der Waals surface area (Å²) in [5.41, 5.74) is 1.98. The number of methoxy groups -OCH3 is 1. The summed E-state index contributed by atoms with van der Waals surface area (Å²) in [6, 6.07) is 5.92. The molecule has 142 valence electrons. The number of nitrogens with zero attached hydrogens (tertiary/aromatic N) is 5. The molecule has 1 fully saturated rings. The van der Waals surface area contributed by atoms with Gasteiger partial charge in [0.25, 0.3) is 0 Å². The lowest BCUT2D eigenvalue weighted by atomic mass is 10.2. The third-order valence-electron chi connectivity index (χ3n) is 4.19. The molecule has 0 N–H and O–H groups in total. The maximum Gasteiger partial charge on any atom is 0.209 e. The van der Waals surface area contributed by atoms with Gasteiger partial charge < -0.3 is 9.47 Å². The Balaban J connectivity index is 1.43. The molecule has 1 saturated heterocycles. The maximum atomic E-state index is 5.68. The Labute approximate surface area is 173 Å². The first kappa shape index (κ1) is 18.9. The van der Waals surface area contributed by atoms with E-state index in [-0.39, 0.29) is 6.10 Å². The van der Waals surface area contributed by atoms with Gasteiger partial charge in [0.2, 0.25) is 5.16 Å². The Morgan fingerprint density at radius 3 is 3.19 bits per heavy atom. The van der Waals surface area contributed by atoms with Crippen LogP contribution in [-0.2, 0) is 17.0 Å². The molecule has 0 saturated carbocycles. The second-order valence-electron chi connectivity index (χ2n) is 6.06. The van der Waals surface area contributed by atoms with E-state index in [0.29, 0.717) is 12.3 Å². The van der Waals surface area contributed by atoms with Crippen LogP contribution in [0, 0.1) is 0 Å². The van der Waals surface area contributed by atoms with Crippen LogP contribution >= 0.6 is 39.0 Å². The van der Waals surface area contributed by atoms with Crippen molar-refractivity contribution < 1.29 is 9.47 Å². The average Bonchev–Trinajstić information content (AvgIpc) is 3.43. The van der Waals surface area contributed by atoms with Gasteiger partial charge in [0, 0.05) is 22.2 Å². The Morgan fingerprint density at radius 2 is 2.37 bits per heavy atom. The van der Waals surface area contributed by atoms with Crippen molar-refractivity contribution in [1.29, 1.82) is 0 Å². The van der Waals surface area contributed by atoms with E-state index in [4.69, 9.17) is 14.5 Å². The van der Waals surface area contributed by atoms with Crippen molar-refractivity contribution in [2.45, 2.75) is 36.4 Å². The van der Waals surface area contributed by atoms with Crippen LogP contribution in [0.4, 0.5) is 0 Å². The van der Waals surface area contributed by atoms with Crippen LogP contribution in [-0.4, -0.2) is 45.0 Å². The van der Waals surface area contributed by atoms with E-state index in [1.54, 1.807) is 30.2 Å². The normalized spacial score (nSPS) is 16.7. The number of halogens is 1. The molecule has 1 aliphatic rings. The smallest absolute Gasteiger partial charge is 0.209 e. The second-order valence-corrected chi connectivity index (χ2v) is 8.77. The van der Waals surface area contributed by atoms with Gasteiger partial charge in [0.1, 0.15) is 10.8 Å². The Hall–Kier alpha value is -1.49. The van der Waals surface area contributed by atoms with Crippen LogP contribution in [0.3, 0.4) is 0 Å². The Bertz CT molecular complexity index is 910. The number of benzene rings is 1. The fourth-order valence-electron chi connectivity index (χ4n) is 2.88. The van der Waals surface area contributed by atoms with Crippen molar-refractivity contribution in [2.24, 2.45) is 0 Å². The van der Waals surface area contributed by atoms with Crippen molar-refractivity contribution in [2.75, 3.05) is 13.7 Å². The summed E-state index contributed by atoms with van der Waals surface area (Å²) in [7, 11) is 1.67. The van der Waals surface area contributed by atoms with E-state index in [2.05, 4.69) is 36.8 Å². The number of aromatic nitrogens is 5. The molecule has 0 aliphatic carbocycles. The summed E-state index contributed by atoms with van der Waals surface area (Å²) in [4.78, 5) is 4.76. The van der Waals surface area contributed by atoms with Gasteiger partial charge in [-0.25, -0.2) is 9.67 Å². The van der Waals surface area contributed by atoms with Gasteiger partial charge in [-0.05, 0) is 41.5 Å². The largest absolute Gasteiger partial charge is 0.496 e. The van der Waals surface area contributed by atoms with E-state index in [0.717, 1.165) is 51.1 Å². The SMILES string of the molecule is COc1ccc(Br)cc1-c1nc(CSc2nnnn2C[C@H]2CCCO2)cs1. The topological polar surface area (TPSA) is 75.0 Å². The highest BCUT2D eigenvalue weighted by atomic mass is 79.9. The van der Waals surface area contributed by atoms with Crippen molar-refractivity contribution >= 4 is 39.0 Å². The molecule has 27 heavy (non-hydrogen) atoms. The predicted molar refractivity (Wildman–Crippen MR) is 108 cm³/mol. The first-order valence-corrected chi connectivity index (χ1v) is 11.2. The van der Waals surface area contributed by atoms with Gasteiger partial charge in [-0.1, -0.05) is 27.7 Å². The standard InChI is InChI=1S/C17H18BrN5O2S2/c1-24-15-5-4-11(18)7-14(15)16-19-12(9-26-16)10-27-17-20-21-22-23(17)8-13-3-2-6-25-13/h4-5,7,9,13H,2-3,6,8,10H2,1H3/t13-/m1/s1. The molecule has 1 atom stereocenters. The summed E-state index contributed by atoms with van der Waals surface area (Å²) >= 11 is 6.70. The summed E-state index contributed by atoms with van der Waals surface area (Å²) in [6.45, 7) is 1.53. The number of rotatable bonds is 7. The van der Waals surface area contributed by atoms with E-state index in [1.165, 1.54) is 0 Å². The van der Waals surface area contributed by atoms with E-state index < -0.39 is 0 Å². The average molecular weight is 468 g/mol. The zero-order valence-corrected chi connectivity index (χ0v) is 17.9. The van der Waals surface area contributed by atoms with E-state index >= 15 is 0 Å². The summed E-state index contributed by atoms with van der Waals surface area (Å²) in [5, 5.41) is 15.8. The summed E-state index contributed by atoms with van der Waals surface area (Å²) < 4.78 is 14.0. The molecule has 7 nitrogen and oxygen atoms in total. The number of thiazole rings is 1. The van der Waals surface area contributed by atoms with Crippen LogP contribution < -0.4 is 4.74 Å². The fraction of sp³-hybridized carbons (Fsp3) is 0.412. The van der Waals surface area contributed by atoms with Gasteiger partial charge in [-0.15, -0.1) is 16.4 Å². The van der Waals surface area contributed by atoms with E-state index in [9.17, 15) is 0 Å². The molecule has 0 bridgehead atoms. The van der Waals surface area contributed by atoms with E-state index in [1.807, 2.05) is 22.9 Å². The Kier molecular flexibility index (Phi) is 6.06. The Morgan fingerprint density at radius 1 is 1.44 bits per heavy atom. The van der Waals surface area contributed by atoms with Crippen molar-refractivity contribution in [1.82, 2.24) is 25.2 Å². The minimum atomic E-state index is 0.211. The molecule has 3 heterocycles. The maximum absolute atomic E-state index is 5.68. The fourth-order valence-corrected chi connectivity index (χ4v) is 4.96. The molecular formula is C17H18BrN5O2S2. The van der Waals surface area contributed by atoms with Gasteiger partial charge in [-0.2, -0.15) is 0 Å². The monoisotopic (exact) mass is 467 g/mol. The van der Waals surface area contributed by atoms with Crippen molar-refractivity contribution in [3.63, 3.8) is 0 Å². The molecule has 10 heteroatoms. The number of hydrogen-bond acceptors (Lipinski definition) is 8. The first-order chi connectivity index (χ1) is 13.2. The minimum absolute atomic E-state index is 0.211. The van der Waals surface area contributed by atoms with Gasteiger partial charge >= 0.3 is 0 Å². The van der Waals surface area contributed by atoms with Gasteiger partial charge in [-0.3, -0.25) is 0 Å². The molecule has 3 aromatic rings. The number of thioether (sulfide) groups is 1. The van der Waals surface area contributed by atoms with Crippen LogP contribution in [0.25, 0.3) is 10.6 Å².